The average molecular weight is 587 g/mol. The minimum Gasteiger partial charge on any atom is -0.508 e. The summed E-state index contributed by atoms with van der Waals surface area (Å²) in [6, 6.07) is 15.1. The van der Waals surface area contributed by atoms with E-state index < -0.39 is 0 Å². The highest BCUT2D eigenvalue weighted by Gasteiger charge is 2.62. The van der Waals surface area contributed by atoms with Crippen molar-refractivity contribution in [2.24, 2.45) is 16.7 Å². The van der Waals surface area contributed by atoms with Gasteiger partial charge in [0.1, 0.15) is 17.6 Å². The van der Waals surface area contributed by atoms with Gasteiger partial charge in [-0.2, -0.15) is 0 Å². The number of carbonyl (C=O) groups excluding carboxylic acids is 1. The Balaban J connectivity index is 0.000000225. The normalized spacial score (nSPS) is 25.3. The van der Waals surface area contributed by atoms with E-state index in [0.717, 1.165) is 36.1 Å². The fraction of sp³-hybridized carbons (Fsp3) is 0.500. The Morgan fingerprint density at radius 3 is 2.02 bits per heavy atom. The van der Waals surface area contributed by atoms with Crippen molar-refractivity contribution in [3.05, 3.63) is 84.0 Å². The van der Waals surface area contributed by atoms with Crippen molar-refractivity contribution in [1.29, 1.82) is 0 Å². The van der Waals surface area contributed by atoms with E-state index in [1.54, 1.807) is 19.1 Å². The van der Waals surface area contributed by atoms with Crippen LogP contribution in [0.2, 0.25) is 0 Å². The molecule has 0 spiro atoms. The molecule has 5 nitrogen and oxygen atoms in total. The molecule has 5 rings (SSSR count). The number of hydrogen-bond acceptors (Lipinski definition) is 5. The molecule has 0 radical (unpaired) electrons. The lowest BCUT2D eigenvalue weighted by Crippen LogP contribution is -2.38. The van der Waals surface area contributed by atoms with Crippen LogP contribution >= 0.6 is 0 Å². The van der Waals surface area contributed by atoms with E-state index in [4.69, 9.17) is 14.2 Å². The number of ether oxygens (including phenoxy) is 3. The lowest BCUT2D eigenvalue weighted by molar-refractivity contribution is -0.151. The molecule has 2 aromatic rings. The molecule has 0 saturated heterocycles. The van der Waals surface area contributed by atoms with Crippen molar-refractivity contribution >= 4 is 18.1 Å². The van der Waals surface area contributed by atoms with E-state index in [-0.39, 0.29) is 29.5 Å². The van der Waals surface area contributed by atoms with Crippen molar-refractivity contribution < 1.29 is 24.1 Å². The molecule has 0 amide bonds. The Kier molecular flexibility index (Phi) is 10.9. The Bertz CT molecular complexity index is 1270. The minimum atomic E-state index is -0.227. The summed E-state index contributed by atoms with van der Waals surface area (Å²) >= 11 is 0. The summed E-state index contributed by atoms with van der Waals surface area (Å²) in [7, 11) is 0. The first kappa shape index (κ1) is 32.6. The predicted molar refractivity (Wildman–Crippen MR) is 175 cm³/mol. The molecule has 5 heteroatoms. The summed E-state index contributed by atoms with van der Waals surface area (Å²) in [5.41, 5.74) is 3.12. The first-order valence-corrected chi connectivity index (χ1v) is 15.9. The third-order valence-corrected chi connectivity index (χ3v) is 10.0. The second-order valence-electron chi connectivity index (χ2n) is 13.2. The summed E-state index contributed by atoms with van der Waals surface area (Å²) in [6.07, 6.45) is 17.9. The molecule has 3 fully saturated rings. The molecule has 0 heterocycles. The fourth-order valence-corrected chi connectivity index (χ4v) is 6.81. The van der Waals surface area contributed by atoms with Crippen molar-refractivity contribution in [1.82, 2.24) is 0 Å². The Morgan fingerprint density at radius 1 is 0.930 bits per heavy atom. The highest BCUT2D eigenvalue weighted by molar-refractivity contribution is 5.87. The van der Waals surface area contributed by atoms with Gasteiger partial charge in [-0.25, -0.2) is 4.79 Å². The number of aromatic hydroxyl groups is 1. The molecule has 4 atom stereocenters. The number of carbonyl (C=O) groups is 1. The van der Waals surface area contributed by atoms with Crippen LogP contribution in [0.1, 0.15) is 97.1 Å². The van der Waals surface area contributed by atoms with Crippen LogP contribution in [-0.2, 0) is 14.3 Å². The maximum Gasteiger partial charge on any atom is 0.333 e. The molecule has 3 aliphatic carbocycles. The Labute approximate surface area is 258 Å². The lowest BCUT2D eigenvalue weighted by Gasteiger charge is -2.38. The van der Waals surface area contributed by atoms with Gasteiger partial charge in [-0.3, -0.25) is 0 Å². The summed E-state index contributed by atoms with van der Waals surface area (Å²) in [5, 5.41) is 9.28. The smallest absolute Gasteiger partial charge is 0.333 e. The van der Waals surface area contributed by atoms with Gasteiger partial charge < -0.3 is 19.3 Å². The second-order valence-corrected chi connectivity index (χ2v) is 13.2. The summed E-state index contributed by atoms with van der Waals surface area (Å²) in [4.78, 5) is 11.6. The third kappa shape index (κ3) is 8.41. The summed E-state index contributed by atoms with van der Waals surface area (Å²) < 4.78 is 17.5. The molecule has 2 bridgehead atoms. The van der Waals surface area contributed by atoms with Crippen LogP contribution in [0.15, 0.2) is 72.8 Å². The van der Waals surface area contributed by atoms with Crippen molar-refractivity contribution in [3.63, 3.8) is 0 Å². The molecule has 2 aromatic carbocycles. The van der Waals surface area contributed by atoms with Gasteiger partial charge in [0, 0.05) is 11.0 Å². The number of esters is 1. The van der Waals surface area contributed by atoms with Crippen LogP contribution in [0, 0.1) is 16.7 Å². The Morgan fingerprint density at radius 2 is 1.51 bits per heavy atom. The standard InChI is InChI=1S/C24H28O3.C14H22O2/c1-19(26-23-9-3-2-4-10-23)27-24-17-13-21(14-18-24)8-6-5-7-20-11-15-22(25)16-12-20;1-9(2)12(15)16-11-8-10-6-7-14(11,5)13(10,3)4/h5-8,11-19,23,25H,2-4,9-10H2,1H3;10-11H,1,6-8H2,2-5H3. The second kappa shape index (κ2) is 14.4. The van der Waals surface area contributed by atoms with E-state index in [1.807, 2.05) is 67.6 Å². The van der Waals surface area contributed by atoms with Crippen LogP contribution in [0.4, 0.5) is 0 Å². The van der Waals surface area contributed by atoms with E-state index in [9.17, 15) is 9.90 Å². The maximum absolute atomic E-state index is 11.6. The van der Waals surface area contributed by atoms with Gasteiger partial charge >= 0.3 is 5.97 Å². The Hall–Kier alpha value is -3.31. The SMILES string of the molecule is C=C(C)C(=O)OC1CC2CCC1(C)C2(C)C.CC(Oc1ccc(C=CC=Cc2ccc(O)cc2)cc1)OC1CCCCC1. The fourth-order valence-electron chi connectivity index (χ4n) is 6.81. The van der Waals surface area contributed by atoms with Gasteiger partial charge in [0.05, 0.1) is 6.10 Å². The summed E-state index contributed by atoms with van der Waals surface area (Å²) in [5.74, 6) is 1.59. The maximum atomic E-state index is 11.6. The first-order valence-electron chi connectivity index (χ1n) is 15.9. The number of phenols is 1. The molecule has 3 aliphatic rings. The van der Waals surface area contributed by atoms with E-state index >= 15 is 0 Å². The van der Waals surface area contributed by atoms with Gasteiger partial charge in [0.2, 0.25) is 0 Å². The highest BCUT2D eigenvalue weighted by Crippen LogP contribution is 2.66. The predicted octanol–water partition coefficient (Wildman–Crippen LogP) is 9.51. The topological polar surface area (TPSA) is 65.0 Å². The van der Waals surface area contributed by atoms with Crippen molar-refractivity contribution in [2.75, 3.05) is 0 Å². The van der Waals surface area contributed by atoms with Crippen LogP contribution in [0.3, 0.4) is 0 Å². The molecule has 43 heavy (non-hydrogen) atoms. The number of hydrogen-bond donors (Lipinski definition) is 1. The zero-order valence-electron chi connectivity index (χ0n) is 26.7. The molecule has 3 saturated carbocycles. The van der Waals surface area contributed by atoms with Crippen LogP contribution < -0.4 is 4.74 Å². The van der Waals surface area contributed by atoms with Crippen LogP contribution in [0.25, 0.3) is 12.2 Å². The number of fused-ring (bicyclic) bond motifs is 2. The number of rotatable bonds is 9. The quantitative estimate of drug-likeness (QED) is 0.137. The molecule has 4 unspecified atom stereocenters. The molecule has 0 aromatic heterocycles. The highest BCUT2D eigenvalue weighted by atomic mass is 16.7. The largest absolute Gasteiger partial charge is 0.508 e. The van der Waals surface area contributed by atoms with Crippen molar-refractivity contribution in [2.45, 2.75) is 104 Å². The molecule has 232 valence electrons. The average Bonchev–Trinajstić information content (AvgIpc) is 3.31. The summed E-state index contributed by atoms with van der Waals surface area (Å²) in [6.45, 7) is 14.2. The van der Waals surface area contributed by atoms with Gasteiger partial charge in [0.25, 0.3) is 0 Å². The molecular formula is C38H50O5. The third-order valence-electron chi connectivity index (χ3n) is 10.0. The first-order chi connectivity index (χ1) is 20.5. The van der Waals surface area contributed by atoms with Gasteiger partial charge in [-0.15, -0.1) is 0 Å². The van der Waals surface area contributed by atoms with Gasteiger partial charge in [0.15, 0.2) is 6.29 Å². The monoisotopic (exact) mass is 586 g/mol. The zero-order chi connectivity index (χ0) is 31.0. The zero-order valence-corrected chi connectivity index (χ0v) is 26.7. The molecular weight excluding hydrogens is 536 g/mol. The lowest BCUT2D eigenvalue weighted by atomic mass is 9.70. The van der Waals surface area contributed by atoms with Crippen LogP contribution in [-0.4, -0.2) is 29.6 Å². The molecule has 0 aliphatic heterocycles. The van der Waals surface area contributed by atoms with Gasteiger partial charge in [-0.05, 0) is 92.7 Å². The van der Waals surface area contributed by atoms with E-state index in [1.165, 1.54) is 32.1 Å². The number of phenolic OH excluding ortho intramolecular Hbond substituents is 1. The van der Waals surface area contributed by atoms with Crippen molar-refractivity contribution in [3.8, 4) is 11.5 Å². The minimum absolute atomic E-state index is 0.0884. The number of benzene rings is 2. The van der Waals surface area contributed by atoms with Crippen LogP contribution in [0.5, 0.6) is 11.5 Å². The van der Waals surface area contributed by atoms with E-state index in [2.05, 4.69) is 27.4 Å². The number of allylic oxidation sites excluding steroid dienone is 2. The van der Waals surface area contributed by atoms with E-state index in [0.29, 0.717) is 23.0 Å². The molecule has 1 N–H and O–H groups in total. The van der Waals surface area contributed by atoms with Gasteiger partial charge in [-0.1, -0.05) is 95.2 Å².